The van der Waals surface area contributed by atoms with Crippen LogP contribution in [0.25, 0.3) is 10.9 Å². The first-order valence-corrected chi connectivity index (χ1v) is 7.93. The van der Waals surface area contributed by atoms with Crippen LogP contribution in [-0.4, -0.2) is 34.0 Å². The Labute approximate surface area is 140 Å². The number of benzene rings is 1. The molecular weight excluding hydrogens is 306 g/mol. The van der Waals surface area contributed by atoms with Gasteiger partial charge in [0.15, 0.2) is 11.5 Å². The quantitative estimate of drug-likeness (QED) is 0.695. The molecule has 0 unspecified atom stereocenters. The van der Waals surface area contributed by atoms with Crippen LogP contribution in [0.5, 0.6) is 5.75 Å². The highest BCUT2D eigenvalue weighted by molar-refractivity contribution is 5.92. The molecule has 0 aliphatic rings. The highest BCUT2D eigenvalue weighted by atomic mass is 16.5. The van der Waals surface area contributed by atoms with E-state index in [1.807, 2.05) is 44.2 Å². The van der Waals surface area contributed by atoms with Crippen LogP contribution in [-0.2, 0) is 6.61 Å². The number of hydrogen-bond donors (Lipinski definition) is 0. The van der Waals surface area contributed by atoms with E-state index in [1.165, 1.54) is 0 Å². The normalized spacial score (nSPS) is 10.8. The summed E-state index contributed by atoms with van der Waals surface area (Å²) in [5.41, 5.74) is 1.22. The molecule has 1 amide bonds. The van der Waals surface area contributed by atoms with Crippen molar-refractivity contribution in [1.29, 1.82) is 0 Å². The highest BCUT2D eigenvalue weighted by Gasteiger charge is 2.17. The van der Waals surface area contributed by atoms with Crippen LogP contribution in [0.1, 0.15) is 30.1 Å². The van der Waals surface area contributed by atoms with Crippen LogP contribution in [0.4, 0.5) is 0 Å². The summed E-state index contributed by atoms with van der Waals surface area (Å²) >= 11 is 0. The van der Waals surface area contributed by atoms with Crippen LogP contribution in [0, 0.1) is 0 Å². The predicted molar refractivity (Wildman–Crippen MR) is 89.8 cm³/mol. The Hall–Kier alpha value is -2.89. The first-order valence-electron chi connectivity index (χ1n) is 7.93. The lowest BCUT2D eigenvalue weighted by Gasteiger charge is -2.16. The topological polar surface area (TPSA) is 68.5 Å². The van der Waals surface area contributed by atoms with Crippen molar-refractivity contribution >= 4 is 16.8 Å². The second-order valence-electron chi connectivity index (χ2n) is 5.30. The minimum atomic E-state index is -0.133. The smallest absolute Gasteiger partial charge is 0.276 e. The fraction of sp³-hybridized carbons (Fsp3) is 0.278. The van der Waals surface area contributed by atoms with Gasteiger partial charge in [0.05, 0.1) is 5.52 Å². The summed E-state index contributed by atoms with van der Waals surface area (Å²) < 4.78 is 10.9. The number of rotatable bonds is 6. The van der Waals surface area contributed by atoms with E-state index in [0.717, 1.165) is 10.9 Å². The van der Waals surface area contributed by atoms with E-state index >= 15 is 0 Å². The van der Waals surface area contributed by atoms with Crippen molar-refractivity contribution in [2.45, 2.75) is 20.5 Å². The minimum Gasteiger partial charge on any atom is -0.486 e. The Kier molecular flexibility index (Phi) is 4.74. The summed E-state index contributed by atoms with van der Waals surface area (Å²) in [6.45, 7) is 5.35. The number of amides is 1. The van der Waals surface area contributed by atoms with Crippen molar-refractivity contribution in [2.24, 2.45) is 0 Å². The third kappa shape index (κ3) is 3.37. The summed E-state index contributed by atoms with van der Waals surface area (Å²) in [5, 5.41) is 4.84. The van der Waals surface area contributed by atoms with Gasteiger partial charge in [0.25, 0.3) is 5.91 Å². The summed E-state index contributed by atoms with van der Waals surface area (Å²) in [4.78, 5) is 18.2. The average molecular weight is 325 g/mol. The maximum absolute atomic E-state index is 12.2. The molecule has 0 saturated carbocycles. The average Bonchev–Trinajstić information content (AvgIpc) is 3.10. The molecular formula is C18H19N3O3. The van der Waals surface area contributed by atoms with E-state index in [1.54, 1.807) is 17.2 Å². The zero-order valence-corrected chi connectivity index (χ0v) is 13.7. The van der Waals surface area contributed by atoms with Gasteiger partial charge in [0.1, 0.15) is 12.4 Å². The van der Waals surface area contributed by atoms with Crippen molar-refractivity contribution in [2.75, 3.05) is 13.1 Å². The summed E-state index contributed by atoms with van der Waals surface area (Å²) in [5.74, 6) is 1.09. The molecule has 3 rings (SSSR count). The van der Waals surface area contributed by atoms with Crippen molar-refractivity contribution in [3.05, 3.63) is 54.0 Å². The van der Waals surface area contributed by atoms with Gasteiger partial charge in [0.2, 0.25) is 0 Å². The lowest BCUT2D eigenvalue weighted by atomic mass is 10.2. The minimum absolute atomic E-state index is 0.133. The number of aromatic nitrogens is 2. The molecule has 0 fully saturated rings. The fourth-order valence-corrected chi connectivity index (χ4v) is 2.45. The van der Waals surface area contributed by atoms with Crippen LogP contribution < -0.4 is 4.74 Å². The van der Waals surface area contributed by atoms with E-state index in [9.17, 15) is 4.79 Å². The van der Waals surface area contributed by atoms with Gasteiger partial charge < -0.3 is 14.2 Å². The standard InChI is InChI=1S/C18H19N3O3/c1-3-21(4-2)18(22)17-11-15(24-20-17)12-23-14-7-8-16-13(10-14)6-5-9-19-16/h5-11H,3-4,12H2,1-2H3. The van der Waals surface area contributed by atoms with Gasteiger partial charge in [-0.2, -0.15) is 0 Å². The van der Waals surface area contributed by atoms with Gasteiger partial charge in [0, 0.05) is 30.7 Å². The largest absolute Gasteiger partial charge is 0.486 e. The van der Waals surface area contributed by atoms with Gasteiger partial charge in [-0.15, -0.1) is 0 Å². The molecule has 6 heteroatoms. The van der Waals surface area contributed by atoms with E-state index in [4.69, 9.17) is 9.26 Å². The lowest BCUT2D eigenvalue weighted by molar-refractivity contribution is 0.0762. The Morgan fingerprint density at radius 2 is 2.04 bits per heavy atom. The molecule has 0 saturated heterocycles. The first kappa shape index (κ1) is 16.0. The molecule has 0 bridgehead atoms. The predicted octanol–water partition coefficient (Wildman–Crippen LogP) is 3.28. The van der Waals surface area contributed by atoms with Crippen molar-refractivity contribution in [3.8, 4) is 5.75 Å². The zero-order chi connectivity index (χ0) is 16.9. The van der Waals surface area contributed by atoms with Gasteiger partial charge in [-0.1, -0.05) is 11.2 Å². The molecule has 0 N–H and O–H groups in total. The van der Waals surface area contributed by atoms with Crippen LogP contribution in [0.3, 0.4) is 0 Å². The molecule has 2 aromatic heterocycles. The van der Waals surface area contributed by atoms with Crippen LogP contribution in [0.15, 0.2) is 47.1 Å². The number of carbonyl (C=O) groups is 1. The second kappa shape index (κ2) is 7.12. The Morgan fingerprint density at radius 3 is 2.83 bits per heavy atom. The number of hydrogen-bond acceptors (Lipinski definition) is 5. The van der Waals surface area contributed by atoms with Gasteiger partial charge in [-0.3, -0.25) is 9.78 Å². The summed E-state index contributed by atoms with van der Waals surface area (Å²) in [7, 11) is 0. The maximum atomic E-state index is 12.2. The van der Waals surface area contributed by atoms with E-state index < -0.39 is 0 Å². The molecule has 0 aliphatic carbocycles. The monoisotopic (exact) mass is 325 g/mol. The SMILES string of the molecule is CCN(CC)C(=O)c1cc(COc2ccc3ncccc3c2)on1. The summed E-state index contributed by atoms with van der Waals surface area (Å²) in [6, 6.07) is 11.2. The number of nitrogens with zero attached hydrogens (tertiary/aromatic N) is 3. The lowest BCUT2D eigenvalue weighted by Crippen LogP contribution is -2.30. The van der Waals surface area contributed by atoms with Crippen molar-refractivity contribution in [1.82, 2.24) is 15.0 Å². The molecule has 6 nitrogen and oxygen atoms in total. The molecule has 3 aromatic rings. The molecule has 0 atom stereocenters. The van der Waals surface area contributed by atoms with Gasteiger partial charge >= 0.3 is 0 Å². The molecule has 0 radical (unpaired) electrons. The van der Waals surface area contributed by atoms with Crippen molar-refractivity contribution < 1.29 is 14.1 Å². The van der Waals surface area contributed by atoms with Gasteiger partial charge in [-0.05, 0) is 38.1 Å². The Bertz CT molecular complexity index is 840. The number of fused-ring (bicyclic) bond motifs is 1. The molecule has 124 valence electrons. The molecule has 24 heavy (non-hydrogen) atoms. The number of ether oxygens (including phenoxy) is 1. The van der Waals surface area contributed by atoms with E-state index in [0.29, 0.717) is 30.3 Å². The zero-order valence-electron chi connectivity index (χ0n) is 13.7. The van der Waals surface area contributed by atoms with Gasteiger partial charge in [-0.25, -0.2) is 0 Å². The number of carbonyl (C=O) groups excluding carboxylic acids is 1. The van der Waals surface area contributed by atoms with Crippen molar-refractivity contribution in [3.63, 3.8) is 0 Å². The molecule has 0 aliphatic heterocycles. The first-order chi connectivity index (χ1) is 11.7. The Balaban J connectivity index is 1.67. The fourth-order valence-electron chi connectivity index (χ4n) is 2.45. The third-order valence-corrected chi connectivity index (χ3v) is 3.78. The summed E-state index contributed by atoms with van der Waals surface area (Å²) in [6.07, 6.45) is 1.76. The number of pyridine rings is 1. The van der Waals surface area contributed by atoms with E-state index in [-0.39, 0.29) is 12.5 Å². The molecule has 2 heterocycles. The molecule has 1 aromatic carbocycles. The Morgan fingerprint density at radius 1 is 1.21 bits per heavy atom. The molecule has 0 spiro atoms. The second-order valence-corrected chi connectivity index (χ2v) is 5.30. The van der Waals surface area contributed by atoms with Crippen LogP contribution in [0.2, 0.25) is 0 Å². The third-order valence-electron chi connectivity index (χ3n) is 3.78. The highest BCUT2D eigenvalue weighted by Crippen LogP contribution is 2.20. The maximum Gasteiger partial charge on any atom is 0.276 e. The van der Waals surface area contributed by atoms with E-state index in [2.05, 4.69) is 10.1 Å². The van der Waals surface area contributed by atoms with Crippen LogP contribution >= 0.6 is 0 Å².